The molecule has 0 amide bonds. The van der Waals surface area contributed by atoms with Gasteiger partial charge in [-0.3, -0.25) is 4.98 Å². The number of thiophene rings is 1. The summed E-state index contributed by atoms with van der Waals surface area (Å²) in [5.74, 6) is -0.232. The number of fused-ring (bicyclic) bond motifs is 2. The lowest BCUT2D eigenvalue weighted by molar-refractivity contribution is 0.633. The number of pyridine rings is 1. The first-order chi connectivity index (χ1) is 14.4. The fourth-order valence-electron chi connectivity index (χ4n) is 4.51. The maximum atomic E-state index is 15.1. The van der Waals surface area contributed by atoms with Gasteiger partial charge in [-0.05, 0) is 84.3 Å². The third-order valence-electron chi connectivity index (χ3n) is 5.85. The quantitative estimate of drug-likeness (QED) is 0.285. The Morgan fingerprint density at radius 2 is 1.50 bits per heavy atom. The first-order valence-corrected chi connectivity index (χ1v) is 10.9. The van der Waals surface area contributed by atoms with E-state index >= 15 is 4.39 Å². The maximum Gasteiger partial charge on any atom is 0.133 e. The summed E-state index contributed by atoms with van der Waals surface area (Å²) in [7, 11) is 0. The molecule has 0 radical (unpaired) electrons. The largest absolute Gasteiger partial charge is 0.255 e. The summed E-state index contributed by atoms with van der Waals surface area (Å²) in [4.78, 5) is 5.87. The Bertz CT molecular complexity index is 1420. The van der Waals surface area contributed by atoms with Crippen molar-refractivity contribution in [1.82, 2.24) is 4.98 Å². The molecule has 0 N–H and O–H groups in total. The monoisotopic (exact) mass is 411 g/mol. The number of aryl methyl sites for hydroxylation is 4. The second-order valence-electron chi connectivity index (χ2n) is 8.05. The van der Waals surface area contributed by atoms with E-state index in [4.69, 9.17) is 0 Å². The lowest BCUT2D eigenvalue weighted by atomic mass is 9.96. The Balaban J connectivity index is 1.79. The van der Waals surface area contributed by atoms with Crippen molar-refractivity contribution < 1.29 is 4.39 Å². The van der Waals surface area contributed by atoms with Crippen molar-refractivity contribution in [2.75, 3.05) is 0 Å². The van der Waals surface area contributed by atoms with Crippen molar-refractivity contribution in [3.8, 4) is 21.7 Å². The topological polar surface area (TPSA) is 12.9 Å². The van der Waals surface area contributed by atoms with E-state index < -0.39 is 0 Å². The van der Waals surface area contributed by atoms with E-state index in [1.54, 1.807) is 23.6 Å². The standard InChI is InChI=1S/C27H22FNS/c1-15-11-16(2)24(17(3)12-15)26-18(4)21-9-10-29-25(27(21)30-26)22-13-19-7-5-6-8-20(19)14-23(22)28/h5-14H,1-4H3. The van der Waals surface area contributed by atoms with E-state index in [1.165, 1.54) is 32.7 Å². The summed E-state index contributed by atoms with van der Waals surface area (Å²) < 4.78 is 16.1. The van der Waals surface area contributed by atoms with Gasteiger partial charge in [-0.25, -0.2) is 4.39 Å². The van der Waals surface area contributed by atoms with Gasteiger partial charge in [0.25, 0.3) is 0 Å². The Labute approximate surface area is 179 Å². The van der Waals surface area contributed by atoms with Crippen molar-refractivity contribution in [1.29, 1.82) is 0 Å². The number of hydrogen-bond acceptors (Lipinski definition) is 2. The number of rotatable bonds is 2. The van der Waals surface area contributed by atoms with Gasteiger partial charge in [-0.2, -0.15) is 0 Å². The molecule has 5 aromatic rings. The molecule has 0 atom stereocenters. The van der Waals surface area contributed by atoms with Crippen LogP contribution in [0.1, 0.15) is 22.3 Å². The molecule has 0 saturated heterocycles. The number of halogens is 1. The molecule has 0 spiro atoms. The highest BCUT2D eigenvalue weighted by Gasteiger charge is 2.19. The minimum absolute atomic E-state index is 0.232. The van der Waals surface area contributed by atoms with Crippen LogP contribution in [0.3, 0.4) is 0 Å². The molecule has 0 saturated carbocycles. The molecule has 0 unspecified atom stereocenters. The van der Waals surface area contributed by atoms with Gasteiger partial charge in [-0.15, -0.1) is 11.3 Å². The summed E-state index contributed by atoms with van der Waals surface area (Å²) in [6.45, 7) is 8.63. The molecule has 2 heterocycles. The van der Waals surface area contributed by atoms with Crippen molar-refractivity contribution >= 4 is 32.2 Å². The first-order valence-electron chi connectivity index (χ1n) is 10.1. The lowest BCUT2D eigenvalue weighted by Crippen LogP contribution is -1.89. The molecule has 0 aliphatic carbocycles. The van der Waals surface area contributed by atoms with Gasteiger partial charge < -0.3 is 0 Å². The average Bonchev–Trinajstić information content (AvgIpc) is 3.03. The van der Waals surface area contributed by atoms with E-state index in [-0.39, 0.29) is 5.82 Å². The van der Waals surface area contributed by atoms with Crippen LogP contribution in [-0.2, 0) is 0 Å². The van der Waals surface area contributed by atoms with Crippen LogP contribution >= 0.6 is 11.3 Å². The van der Waals surface area contributed by atoms with Crippen LogP contribution in [0, 0.1) is 33.5 Å². The minimum atomic E-state index is -0.232. The summed E-state index contributed by atoms with van der Waals surface area (Å²) in [5.41, 5.74) is 7.61. The zero-order chi connectivity index (χ0) is 21.0. The van der Waals surface area contributed by atoms with E-state index in [0.29, 0.717) is 5.56 Å². The highest BCUT2D eigenvalue weighted by atomic mass is 32.1. The molecule has 1 nitrogen and oxygen atoms in total. The Morgan fingerprint density at radius 3 is 2.20 bits per heavy atom. The molecule has 148 valence electrons. The normalized spacial score (nSPS) is 11.5. The zero-order valence-electron chi connectivity index (χ0n) is 17.5. The predicted octanol–water partition coefficient (Wildman–Crippen LogP) is 8.16. The molecular weight excluding hydrogens is 389 g/mol. The Hall–Kier alpha value is -3.04. The highest BCUT2D eigenvalue weighted by molar-refractivity contribution is 7.23. The van der Waals surface area contributed by atoms with Crippen LogP contribution < -0.4 is 0 Å². The molecular formula is C27H22FNS. The van der Waals surface area contributed by atoms with Crippen molar-refractivity contribution in [2.45, 2.75) is 27.7 Å². The summed E-state index contributed by atoms with van der Waals surface area (Å²) in [5, 5.41) is 3.07. The number of aromatic nitrogens is 1. The van der Waals surface area contributed by atoms with Gasteiger partial charge >= 0.3 is 0 Å². The SMILES string of the molecule is Cc1cc(C)c(-c2sc3c(-c4cc5ccccc5cc4F)nccc3c2C)c(C)c1. The molecule has 2 aromatic heterocycles. The maximum absolute atomic E-state index is 15.1. The van der Waals surface area contributed by atoms with E-state index in [9.17, 15) is 0 Å². The first kappa shape index (κ1) is 19.0. The highest BCUT2D eigenvalue weighted by Crippen LogP contribution is 2.44. The second kappa shape index (κ2) is 7.03. The van der Waals surface area contributed by atoms with Crippen LogP contribution in [0.25, 0.3) is 42.6 Å². The van der Waals surface area contributed by atoms with Gasteiger partial charge in [0.05, 0.1) is 10.4 Å². The number of nitrogens with zero attached hydrogens (tertiary/aromatic N) is 1. The molecule has 0 aliphatic rings. The molecule has 5 rings (SSSR count). The van der Waals surface area contributed by atoms with Crippen LogP contribution in [0.2, 0.25) is 0 Å². The second-order valence-corrected chi connectivity index (χ2v) is 9.07. The number of benzene rings is 3. The summed E-state index contributed by atoms with van der Waals surface area (Å²) in [6, 6.07) is 17.9. The van der Waals surface area contributed by atoms with Crippen molar-refractivity contribution in [2.24, 2.45) is 0 Å². The smallest absolute Gasteiger partial charge is 0.133 e. The van der Waals surface area contributed by atoms with Gasteiger partial charge in [-0.1, -0.05) is 42.0 Å². The number of hydrogen-bond donors (Lipinski definition) is 0. The Kier molecular flexibility index (Phi) is 4.44. The third-order valence-corrected chi connectivity index (χ3v) is 7.18. The third kappa shape index (κ3) is 2.93. The van der Waals surface area contributed by atoms with Gasteiger partial charge in [0.2, 0.25) is 0 Å². The molecule has 30 heavy (non-hydrogen) atoms. The van der Waals surface area contributed by atoms with Crippen molar-refractivity contribution in [3.63, 3.8) is 0 Å². The van der Waals surface area contributed by atoms with Crippen molar-refractivity contribution in [3.05, 3.63) is 88.9 Å². The predicted molar refractivity (Wildman–Crippen MR) is 127 cm³/mol. The molecule has 3 heteroatoms. The zero-order valence-corrected chi connectivity index (χ0v) is 18.3. The van der Waals surface area contributed by atoms with Crippen LogP contribution in [0.5, 0.6) is 0 Å². The molecule has 3 aromatic carbocycles. The van der Waals surface area contributed by atoms with Crippen LogP contribution in [0.4, 0.5) is 4.39 Å². The molecule has 0 fully saturated rings. The fourth-order valence-corrected chi connectivity index (χ4v) is 5.99. The van der Waals surface area contributed by atoms with Crippen LogP contribution in [0.15, 0.2) is 60.8 Å². The average molecular weight is 412 g/mol. The van der Waals surface area contributed by atoms with Crippen LogP contribution in [-0.4, -0.2) is 4.98 Å². The Morgan fingerprint density at radius 1 is 0.833 bits per heavy atom. The molecule has 0 bridgehead atoms. The van der Waals surface area contributed by atoms with E-state index in [2.05, 4.69) is 44.8 Å². The van der Waals surface area contributed by atoms with Gasteiger partial charge in [0, 0.05) is 16.6 Å². The fraction of sp³-hybridized carbons (Fsp3) is 0.148. The molecule has 0 aliphatic heterocycles. The minimum Gasteiger partial charge on any atom is -0.255 e. The van der Waals surface area contributed by atoms with Gasteiger partial charge in [0.15, 0.2) is 0 Å². The summed E-state index contributed by atoms with van der Waals surface area (Å²) in [6.07, 6.45) is 1.80. The lowest BCUT2D eigenvalue weighted by Gasteiger charge is -2.10. The van der Waals surface area contributed by atoms with E-state index in [0.717, 1.165) is 26.6 Å². The van der Waals surface area contributed by atoms with Gasteiger partial charge in [0.1, 0.15) is 5.82 Å². The summed E-state index contributed by atoms with van der Waals surface area (Å²) >= 11 is 1.72. The van der Waals surface area contributed by atoms with E-state index in [1.807, 2.05) is 36.4 Å².